The minimum absolute atomic E-state index is 0.695. The Bertz CT molecular complexity index is 286. The molecule has 3 heteroatoms. The number of nitrogens with zero attached hydrogens (tertiary/aromatic N) is 2. The van der Waals surface area contributed by atoms with E-state index in [9.17, 15) is 0 Å². The van der Waals surface area contributed by atoms with Crippen molar-refractivity contribution < 1.29 is 0 Å². The second-order valence-corrected chi connectivity index (χ2v) is 4.33. The maximum atomic E-state index is 5.72. The molecular weight excluding hydrogens is 186 g/mol. The quantitative estimate of drug-likeness (QED) is 0.807. The highest BCUT2D eigenvalue weighted by molar-refractivity contribution is 5.09. The summed E-state index contributed by atoms with van der Waals surface area (Å²) in [5.74, 6) is 0.695. The first kappa shape index (κ1) is 10.6. The van der Waals surface area contributed by atoms with Crippen molar-refractivity contribution in [2.45, 2.75) is 19.4 Å². The molecule has 1 aliphatic heterocycles. The van der Waals surface area contributed by atoms with Gasteiger partial charge >= 0.3 is 0 Å². The Morgan fingerprint density at radius 2 is 2.20 bits per heavy atom. The highest BCUT2D eigenvalue weighted by Gasteiger charge is 2.18. The van der Waals surface area contributed by atoms with Gasteiger partial charge in [-0.3, -0.25) is 9.88 Å². The number of hydrogen-bond donors (Lipinski definition) is 1. The molecule has 0 amide bonds. The lowest BCUT2D eigenvalue weighted by atomic mass is 9.98. The van der Waals surface area contributed by atoms with E-state index >= 15 is 0 Å². The van der Waals surface area contributed by atoms with Gasteiger partial charge in [-0.25, -0.2) is 0 Å². The monoisotopic (exact) mass is 205 g/mol. The van der Waals surface area contributed by atoms with Crippen LogP contribution in [0.15, 0.2) is 24.5 Å². The molecule has 0 aromatic carbocycles. The van der Waals surface area contributed by atoms with E-state index in [-0.39, 0.29) is 0 Å². The fourth-order valence-corrected chi connectivity index (χ4v) is 2.23. The van der Waals surface area contributed by atoms with Crippen molar-refractivity contribution in [3.8, 4) is 0 Å². The number of nitrogens with two attached hydrogens (primary N) is 1. The summed E-state index contributed by atoms with van der Waals surface area (Å²) in [6.45, 7) is 4.23. The molecule has 0 saturated carbocycles. The summed E-state index contributed by atoms with van der Waals surface area (Å²) in [5, 5.41) is 0. The van der Waals surface area contributed by atoms with E-state index in [1.54, 1.807) is 0 Å². The summed E-state index contributed by atoms with van der Waals surface area (Å²) in [6.07, 6.45) is 6.30. The van der Waals surface area contributed by atoms with Crippen LogP contribution in [0.3, 0.4) is 0 Å². The number of hydrogen-bond acceptors (Lipinski definition) is 3. The highest BCUT2D eigenvalue weighted by atomic mass is 15.1. The molecule has 2 rings (SSSR count). The predicted molar refractivity (Wildman–Crippen MR) is 61.3 cm³/mol. The Morgan fingerprint density at radius 3 is 2.93 bits per heavy atom. The van der Waals surface area contributed by atoms with Crippen LogP contribution < -0.4 is 5.73 Å². The third kappa shape index (κ3) is 3.01. The first-order valence-electron chi connectivity index (χ1n) is 5.70. The first-order chi connectivity index (χ1) is 7.38. The molecular formula is C12H19N3. The second kappa shape index (κ2) is 5.24. The van der Waals surface area contributed by atoms with Crippen molar-refractivity contribution in [2.75, 3.05) is 19.6 Å². The summed E-state index contributed by atoms with van der Waals surface area (Å²) in [6, 6.07) is 4.18. The molecule has 2 N–H and O–H groups in total. The Balaban J connectivity index is 1.89. The van der Waals surface area contributed by atoms with Crippen molar-refractivity contribution in [2.24, 2.45) is 11.7 Å². The molecule has 15 heavy (non-hydrogen) atoms. The van der Waals surface area contributed by atoms with E-state index in [2.05, 4.69) is 22.0 Å². The van der Waals surface area contributed by atoms with Crippen molar-refractivity contribution in [1.82, 2.24) is 9.88 Å². The molecule has 0 unspecified atom stereocenters. The van der Waals surface area contributed by atoms with Gasteiger partial charge in [0.1, 0.15) is 0 Å². The van der Waals surface area contributed by atoms with Crippen molar-refractivity contribution in [3.05, 3.63) is 30.1 Å². The zero-order valence-electron chi connectivity index (χ0n) is 9.10. The lowest BCUT2D eigenvalue weighted by Crippen LogP contribution is -2.37. The Labute approximate surface area is 91.3 Å². The van der Waals surface area contributed by atoms with Crippen LogP contribution in [0, 0.1) is 5.92 Å². The van der Waals surface area contributed by atoms with Gasteiger partial charge in [0.25, 0.3) is 0 Å². The topological polar surface area (TPSA) is 42.1 Å². The lowest BCUT2D eigenvalue weighted by Gasteiger charge is -2.32. The van der Waals surface area contributed by atoms with Crippen molar-refractivity contribution in [3.63, 3.8) is 0 Å². The van der Waals surface area contributed by atoms with Crippen LogP contribution in [0.5, 0.6) is 0 Å². The van der Waals surface area contributed by atoms with Crippen LogP contribution in [0.4, 0.5) is 0 Å². The van der Waals surface area contributed by atoms with E-state index < -0.39 is 0 Å². The Morgan fingerprint density at radius 1 is 1.40 bits per heavy atom. The molecule has 1 fully saturated rings. The molecule has 1 aromatic rings. The van der Waals surface area contributed by atoms with E-state index in [1.165, 1.54) is 24.9 Å². The fourth-order valence-electron chi connectivity index (χ4n) is 2.23. The molecule has 3 nitrogen and oxygen atoms in total. The maximum absolute atomic E-state index is 5.72. The van der Waals surface area contributed by atoms with E-state index in [0.717, 1.165) is 19.6 Å². The van der Waals surface area contributed by atoms with Crippen molar-refractivity contribution in [1.29, 1.82) is 0 Å². The zero-order valence-corrected chi connectivity index (χ0v) is 9.10. The van der Waals surface area contributed by atoms with Gasteiger partial charge in [-0.15, -0.1) is 0 Å². The van der Waals surface area contributed by atoms with Gasteiger partial charge in [0, 0.05) is 25.5 Å². The van der Waals surface area contributed by atoms with Crippen LogP contribution >= 0.6 is 0 Å². The minimum atomic E-state index is 0.695. The van der Waals surface area contributed by atoms with Crippen LogP contribution in [0.2, 0.25) is 0 Å². The fraction of sp³-hybridized carbons (Fsp3) is 0.583. The van der Waals surface area contributed by atoms with Gasteiger partial charge in [0.2, 0.25) is 0 Å². The third-order valence-electron chi connectivity index (χ3n) is 3.09. The molecule has 1 aromatic heterocycles. The standard InChI is InChI=1S/C12H19N3/c13-8-12-2-1-7-15(10-12)9-11-3-5-14-6-4-11/h3-6,12H,1-2,7-10,13H2/t12-/m1/s1. The van der Waals surface area contributed by atoms with Gasteiger partial charge in [0.15, 0.2) is 0 Å². The summed E-state index contributed by atoms with van der Waals surface area (Å²) in [7, 11) is 0. The van der Waals surface area contributed by atoms with Crippen LogP contribution in [-0.4, -0.2) is 29.5 Å². The molecule has 2 heterocycles. The summed E-state index contributed by atoms with van der Waals surface area (Å²) < 4.78 is 0. The van der Waals surface area contributed by atoms with Gasteiger partial charge < -0.3 is 5.73 Å². The summed E-state index contributed by atoms with van der Waals surface area (Å²) in [4.78, 5) is 6.53. The minimum Gasteiger partial charge on any atom is -0.330 e. The number of aromatic nitrogens is 1. The van der Waals surface area contributed by atoms with E-state index in [1.807, 2.05) is 12.4 Å². The summed E-state index contributed by atoms with van der Waals surface area (Å²) >= 11 is 0. The van der Waals surface area contributed by atoms with Crippen LogP contribution in [-0.2, 0) is 6.54 Å². The normalized spacial score (nSPS) is 22.9. The predicted octanol–water partition coefficient (Wildman–Crippen LogP) is 1.25. The molecule has 0 aliphatic carbocycles. The van der Waals surface area contributed by atoms with Gasteiger partial charge in [-0.05, 0) is 49.5 Å². The van der Waals surface area contributed by atoms with Gasteiger partial charge in [-0.2, -0.15) is 0 Å². The first-order valence-corrected chi connectivity index (χ1v) is 5.70. The second-order valence-electron chi connectivity index (χ2n) is 4.33. The molecule has 0 radical (unpaired) electrons. The smallest absolute Gasteiger partial charge is 0.0271 e. The number of likely N-dealkylation sites (tertiary alicyclic amines) is 1. The van der Waals surface area contributed by atoms with Crippen LogP contribution in [0.1, 0.15) is 18.4 Å². The maximum Gasteiger partial charge on any atom is 0.0271 e. The molecule has 82 valence electrons. The number of piperidine rings is 1. The van der Waals surface area contributed by atoms with Gasteiger partial charge in [0.05, 0.1) is 0 Å². The zero-order chi connectivity index (χ0) is 10.5. The van der Waals surface area contributed by atoms with Crippen LogP contribution in [0.25, 0.3) is 0 Å². The van der Waals surface area contributed by atoms with E-state index in [0.29, 0.717) is 5.92 Å². The van der Waals surface area contributed by atoms with Crippen molar-refractivity contribution >= 4 is 0 Å². The highest BCUT2D eigenvalue weighted by Crippen LogP contribution is 2.17. The molecule has 1 saturated heterocycles. The van der Waals surface area contributed by atoms with E-state index in [4.69, 9.17) is 5.73 Å². The molecule has 1 atom stereocenters. The largest absolute Gasteiger partial charge is 0.330 e. The number of rotatable bonds is 3. The Hall–Kier alpha value is -0.930. The SMILES string of the molecule is NC[C@H]1CCCN(Cc2ccncc2)C1. The number of pyridine rings is 1. The lowest BCUT2D eigenvalue weighted by molar-refractivity contribution is 0.171. The van der Waals surface area contributed by atoms with Gasteiger partial charge in [-0.1, -0.05) is 0 Å². The Kier molecular flexibility index (Phi) is 3.69. The third-order valence-corrected chi connectivity index (χ3v) is 3.09. The molecule has 0 spiro atoms. The molecule has 1 aliphatic rings. The average molecular weight is 205 g/mol. The summed E-state index contributed by atoms with van der Waals surface area (Å²) in [5.41, 5.74) is 7.07. The average Bonchev–Trinajstić information content (AvgIpc) is 2.31. The molecule has 0 bridgehead atoms.